The SMILES string of the molecule is CC(=O)Oc1ccc(-c2nc3[nH]cc(C)c3c3c2c(=O)[nH]c2cc(N4CCCCC4)ccc23)cc1. The zero-order valence-electron chi connectivity index (χ0n) is 19.8. The summed E-state index contributed by atoms with van der Waals surface area (Å²) in [5.74, 6) is 0.0726. The number of anilines is 1. The highest BCUT2D eigenvalue weighted by Crippen LogP contribution is 2.37. The summed E-state index contributed by atoms with van der Waals surface area (Å²) in [6.45, 7) is 5.48. The van der Waals surface area contributed by atoms with E-state index >= 15 is 0 Å². The van der Waals surface area contributed by atoms with E-state index in [4.69, 9.17) is 9.72 Å². The molecule has 2 aromatic carbocycles. The Morgan fingerprint density at radius 2 is 1.77 bits per heavy atom. The fraction of sp³-hybridized carbons (Fsp3) is 0.250. The van der Waals surface area contributed by atoms with Gasteiger partial charge in [0.05, 0.1) is 16.6 Å². The Kier molecular flexibility index (Phi) is 5.06. The second-order valence-corrected chi connectivity index (χ2v) is 9.26. The van der Waals surface area contributed by atoms with Gasteiger partial charge in [-0.2, -0.15) is 0 Å². The van der Waals surface area contributed by atoms with Crippen molar-refractivity contribution < 1.29 is 9.53 Å². The summed E-state index contributed by atoms with van der Waals surface area (Å²) in [7, 11) is 0. The molecule has 7 heteroatoms. The third kappa shape index (κ3) is 3.64. The van der Waals surface area contributed by atoms with Gasteiger partial charge in [-0.15, -0.1) is 0 Å². The van der Waals surface area contributed by atoms with Crippen LogP contribution in [0.5, 0.6) is 5.75 Å². The molecule has 5 aromatic rings. The summed E-state index contributed by atoms with van der Waals surface area (Å²) in [6.07, 6.45) is 5.59. The minimum atomic E-state index is -0.378. The van der Waals surface area contributed by atoms with Crippen LogP contribution in [0.4, 0.5) is 5.69 Å². The van der Waals surface area contributed by atoms with Gasteiger partial charge in [0.25, 0.3) is 5.56 Å². The maximum atomic E-state index is 13.6. The van der Waals surface area contributed by atoms with Gasteiger partial charge in [0.15, 0.2) is 0 Å². The normalized spacial score (nSPS) is 14.2. The number of aryl methyl sites for hydroxylation is 1. The smallest absolute Gasteiger partial charge is 0.308 e. The van der Waals surface area contributed by atoms with E-state index in [1.165, 1.54) is 26.2 Å². The number of aromatic amines is 2. The van der Waals surface area contributed by atoms with E-state index < -0.39 is 0 Å². The number of carbonyl (C=O) groups excluding carboxylic acids is 1. The maximum Gasteiger partial charge on any atom is 0.308 e. The number of aromatic nitrogens is 3. The number of pyridine rings is 2. The van der Waals surface area contributed by atoms with Crippen molar-refractivity contribution in [3.05, 3.63) is 64.6 Å². The van der Waals surface area contributed by atoms with Crippen LogP contribution in [0.15, 0.2) is 53.5 Å². The van der Waals surface area contributed by atoms with Crippen LogP contribution in [0, 0.1) is 6.92 Å². The van der Waals surface area contributed by atoms with Crippen LogP contribution in [0.2, 0.25) is 0 Å². The van der Waals surface area contributed by atoms with E-state index in [0.29, 0.717) is 16.8 Å². The topological polar surface area (TPSA) is 91.1 Å². The lowest BCUT2D eigenvalue weighted by Crippen LogP contribution is -2.29. The Hall–Kier alpha value is -4.13. The first-order valence-corrected chi connectivity index (χ1v) is 12.0. The summed E-state index contributed by atoms with van der Waals surface area (Å²) >= 11 is 0. The Balaban J connectivity index is 1.61. The highest BCUT2D eigenvalue weighted by molar-refractivity contribution is 6.22. The van der Waals surface area contributed by atoms with Crippen molar-refractivity contribution in [2.45, 2.75) is 33.1 Å². The predicted molar refractivity (Wildman–Crippen MR) is 139 cm³/mol. The van der Waals surface area contributed by atoms with Crippen LogP contribution >= 0.6 is 0 Å². The molecular weight excluding hydrogens is 440 g/mol. The average Bonchev–Trinajstić information content (AvgIpc) is 3.24. The van der Waals surface area contributed by atoms with Gasteiger partial charge >= 0.3 is 5.97 Å². The van der Waals surface area contributed by atoms with Crippen molar-refractivity contribution in [1.29, 1.82) is 0 Å². The molecule has 1 aliphatic heterocycles. The van der Waals surface area contributed by atoms with Crippen LogP contribution < -0.4 is 15.2 Å². The molecule has 6 rings (SSSR count). The number of nitrogens with zero attached hydrogens (tertiary/aromatic N) is 2. The summed E-state index contributed by atoms with van der Waals surface area (Å²) in [5.41, 5.74) is 4.95. The molecule has 0 aliphatic carbocycles. The number of benzene rings is 2. The largest absolute Gasteiger partial charge is 0.427 e. The molecule has 4 heterocycles. The molecule has 1 fully saturated rings. The van der Waals surface area contributed by atoms with E-state index in [-0.39, 0.29) is 11.5 Å². The minimum Gasteiger partial charge on any atom is -0.427 e. The molecule has 0 radical (unpaired) electrons. The third-order valence-corrected chi connectivity index (χ3v) is 6.88. The highest BCUT2D eigenvalue weighted by atomic mass is 16.5. The number of piperidine rings is 1. The summed E-state index contributed by atoms with van der Waals surface area (Å²) in [4.78, 5) is 38.5. The van der Waals surface area contributed by atoms with Crippen LogP contribution in [-0.4, -0.2) is 34.0 Å². The van der Waals surface area contributed by atoms with Crippen LogP contribution in [0.25, 0.3) is 44.0 Å². The fourth-order valence-electron chi connectivity index (χ4n) is 5.26. The van der Waals surface area contributed by atoms with Crippen LogP contribution in [-0.2, 0) is 4.79 Å². The molecule has 2 N–H and O–H groups in total. The number of carbonyl (C=O) groups is 1. The molecule has 176 valence electrons. The van der Waals surface area contributed by atoms with Crippen molar-refractivity contribution >= 4 is 44.4 Å². The van der Waals surface area contributed by atoms with Gasteiger partial charge in [-0.05, 0) is 68.1 Å². The lowest BCUT2D eigenvalue weighted by molar-refractivity contribution is -0.131. The summed E-state index contributed by atoms with van der Waals surface area (Å²) in [5, 5.41) is 3.41. The molecule has 0 spiro atoms. The number of hydrogen-bond acceptors (Lipinski definition) is 5. The van der Waals surface area contributed by atoms with Crippen molar-refractivity contribution in [3.8, 4) is 17.0 Å². The first-order chi connectivity index (χ1) is 17.0. The predicted octanol–water partition coefficient (Wildman–Crippen LogP) is 5.45. The Morgan fingerprint density at radius 1 is 1.00 bits per heavy atom. The van der Waals surface area contributed by atoms with Crippen molar-refractivity contribution in [3.63, 3.8) is 0 Å². The number of hydrogen-bond donors (Lipinski definition) is 2. The number of nitrogens with one attached hydrogen (secondary N) is 2. The zero-order valence-corrected chi connectivity index (χ0v) is 19.8. The van der Waals surface area contributed by atoms with Crippen molar-refractivity contribution in [2.75, 3.05) is 18.0 Å². The second kappa shape index (κ2) is 8.27. The van der Waals surface area contributed by atoms with Gasteiger partial charge in [-0.25, -0.2) is 4.98 Å². The fourth-order valence-corrected chi connectivity index (χ4v) is 5.26. The van der Waals surface area contributed by atoms with E-state index in [9.17, 15) is 9.59 Å². The number of H-pyrrole nitrogens is 2. The number of fused-ring (bicyclic) bond motifs is 5. The number of esters is 1. The molecular formula is C28H26N4O3. The minimum absolute atomic E-state index is 0.169. The van der Waals surface area contributed by atoms with E-state index in [1.54, 1.807) is 12.1 Å². The van der Waals surface area contributed by atoms with Gasteiger partial charge in [0, 0.05) is 53.6 Å². The van der Waals surface area contributed by atoms with Gasteiger partial charge in [-0.3, -0.25) is 9.59 Å². The van der Waals surface area contributed by atoms with Crippen LogP contribution in [0.3, 0.4) is 0 Å². The van der Waals surface area contributed by atoms with Crippen molar-refractivity contribution in [2.24, 2.45) is 0 Å². The van der Waals surface area contributed by atoms with E-state index in [0.717, 1.165) is 57.2 Å². The lowest BCUT2D eigenvalue weighted by Gasteiger charge is -2.29. The molecule has 0 unspecified atom stereocenters. The Morgan fingerprint density at radius 3 is 2.51 bits per heavy atom. The molecule has 7 nitrogen and oxygen atoms in total. The van der Waals surface area contributed by atoms with Gasteiger partial charge in [0.1, 0.15) is 11.4 Å². The monoisotopic (exact) mass is 466 g/mol. The molecule has 0 bridgehead atoms. The van der Waals surface area contributed by atoms with E-state index in [1.807, 2.05) is 25.3 Å². The van der Waals surface area contributed by atoms with Gasteiger partial charge in [0.2, 0.25) is 0 Å². The van der Waals surface area contributed by atoms with Gasteiger partial charge in [-0.1, -0.05) is 6.07 Å². The summed E-state index contributed by atoms with van der Waals surface area (Å²) < 4.78 is 5.17. The first kappa shape index (κ1) is 21.4. The van der Waals surface area contributed by atoms with Crippen LogP contribution in [0.1, 0.15) is 31.7 Å². The lowest BCUT2D eigenvalue weighted by atomic mass is 9.98. The van der Waals surface area contributed by atoms with Crippen molar-refractivity contribution in [1.82, 2.24) is 15.0 Å². The first-order valence-electron chi connectivity index (χ1n) is 12.0. The molecule has 1 aliphatic rings. The maximum absolute atomic E-state index is 13.6. The number of rotatable bonds is 3. The summed E-state index contributed by atoms with van der Waals surface area (Å²) in [6, 6.07) is 13.5. The molecule has 3 aromatic heterocycles. The Labute approximate surface area is 201 Å². The number of ether oxygens (including phenoxy) is 1. The van der Waals surface area contributed by atoms with Gasteiger partial charge < -0.3 is 19.6 Å². The molecule has 1 saturated heterocycles. The molecule has 0 saturated carbocycles. The van der Waals surface area contributed by atoms with E-state index in [2.05, 4.69) is 33.1 Å². The molecule has 0 amide bonds. The second-order valence-electron chi connectivity index (χ2n) is 9.26. The average molecular weight is 467 g/mol. The molecule has 0 atom stereocenters. The Bertz CT molecular complexity index is 1660. The molecule has 35 heavy (non-hydrogen) atoms. The highest BCUT2D eigenvalue weighted by Gasteiger charge is 2.20. The quantitative estimate of drug-likeness (QED) is 0.210. The zero-order chi connectivity index (χ0) is 24.1. The standard InChI is InChI=1S/C28H26N4O3/c1-16-15-29-27-23(16)24-21-11-8-19(32-12-4-3-5-13-32)14-22(21)30-28(34)25(24)26(31-27)18-6-9-20(10-7-18)35-17(2)33/h6-11,14-15H,3-5,12-13H2,1-2H3,(H,29,31)(H,30,34). The third-order valence-electron chi connectivity index (χ3n) is 6.88.